The van der Waals surface area contributed by atoms with E-state index in [0.717, 1.165) is 23.4 Å². The molecule has 1 aromatic heterocycles. The van der Waals surface area contributed by atoms with Crippen molar-refractivity contribution in [2.75, 3.05) is 18.3 Å². The Morgan fingerprint density at radius 2 is 1.64 bits per heavy atom. The second-order valence-electron chi connectivity index (χ2n) is 10.3. The van der Waals surface area contributed by atoms with Crippen LogP contribution in [0.25, 0.3) is 11.1 Å². The second kappa shape index (κ2) is 14.8. The highest BCUT2D eigenvalue weighted by Gasteiger charge is 2.26. The van der Waals surface area contributed by atoms with Crippen LogP contribution in [0.2, 0.25) is 0 Å². The number of hydrogen-bond donors (Lipinski definition) is 2. The Bertz CT molecular complexity index is 1750. The van der Waals surface area contributed by atoms with Crippen molar-refractivity contribution < 1.29 is 22.2 Å². The highest BCUT2D eigenvalue weighted by molar-refractivity contribution is 7.98. The number of hydrogen-bond acceptors (Lipinski definition) is 7. The highest BCUT2D eigenvalue weighted by Crippen LogP contribution is 2.30. The number of thioether (sulfide) groups is 1. The van der Waals surface area contributed by atoms with Gasteiger partial charge in [0.15, 0.2) is 5.78 Å². The maximum absolute atomic E-state index is 13.3. The second-order valence-corrected chi connectivity index (χ2v) is 14.2. The summed E-state index contributed by atoms with van der Waals surface area (Å²) in [6.07, 6.45) is 4.21. The van der Waals surface area contributed by atoms with Gasteiger partial charge in [-0.1, -0.05) is 86.6 Å². The fourth-order valence-electron chi connectivity index (χ4n) is 4.73. The summed E-state index contributed by atoms with van der Waals surface area (Å²) in [5.74, 6) is 0.595. The van der Waals surface area contributed by atoms with Crippen LogP contribution < -0.4 is 10.0 Å². The van der Waals surface area contributed by atoms with Crippen LogP contribution in [0.3, 0.4) is 0 Å². The first-order chi connectivity index (χ1) is 21.0. The molecule has 4 rings (SSSR count). The van der Waals surface area contributed by atoms with E-state index in [-0.39, 0.29) is 28.9 Å². The van der Waals surface area contributed by atoms with Crippen LogP contribution in [0.15, 0.2) is 88.8 Å². The number of nitrogens with one attached hydrogen (secondary N) is 2. The van der Waals surface area contributed by atoms with E-state index in [1.165, 1.54) is 24.1 Å². The Kier molecular flexibility index (Phi) is 11.2. The van der Waals surface area contributed by atoms with E-state index in [4.69, 9.17) is 4.98 Å². The van der Waals surface area contributed by atoms with Crippen molar-refractivity contribution in [2.45, 2.75) is 49.2 Å². The molecule has 0 fully saturated rings. The van der Waals surface area contributed by atoms with Crippen molar-refractivity contribution >= 4 is 44.4 Å². The Balaban J connectivity index is 1.59. The molecule has 232 valence electrons. The van der Waals surface area contributed by atoms with Crippen LogP contribution in [0, 0.1) is 0 Å². The summed E-state index contributed by atoms with van der Waals surface area (Å²) in [7, 11) is -5.48. The molecule has 1 heterocycles. The molecule has 0 bridgehead atoms. The third kappa shape index (κ3) is 8.04. The lowest BCUT2D eigenvalue weighted by Crippen LogP contribution is -2.39. The minimum absolute atomic E-state index is 0.0265. The summed E-state index contributed by atoms with van der Waals surface area (Å²) in [5, 5.41) is 3.20. The summed E-state index contributed by atoms with van der Waals surface area (Å²) in [4.78, 5) is 30.4. The zero-order chi connectivity index (χ0) is 31.9. The van der Waals surface area contributed by atoms with Gasteiger partial charge in [0.25, 0.3) is 10.0 Å². The number of aromatic nitrogens is 2. The summed E-state index contributed by atoms with van der Waals surface area (Å²) >= 11 is 1.39. The Hall–Kier alpha value is -3.74. The molecule has 44 heavy (non-hydrogen) atoms. The van der Waals surface area contributed by atoms with Crippen LogP contribution in [0.4, 0.5) is 4.79 Å². The van der Waals surface area contributed by atoms with Crippen LogP contribution in [-0.4, -0.2) is 52.3 Å². The molecule has 4 aromatic rings. The molecule has 0 saturated carbocycles. The lowest BCUT2D eigenvalue weighted by atomic mass is 10.0. The first-order valence-corrected chi connectivity index (χ1v) is 18.5. The van der Waals surface area contributed by atoms with Gasteiger partial charge in [0, 0.05) is 41.6 Å². The number of sulfonamides is 1. The number of Topliss-reactive ketones (excluding diaryl/α,β-unsaturated/α-hetero) is 1. The monoisotopic (exact) mass is 652 g/mol. The molecule has 2 amide bonds. The normalized spacial score (nSPS) is 12.8. The van der Waals surface area contributed by atoms with E-state index in [2.05, 4.69) is 23.9 Å². The zero-order valence-corrected chi connectivity index (χ0v) is 27.5. The van der Waals surface area contributed by atoms with Gasteiger partial charge in [0.1, 0.15) is 16.5 Å². The van der Waals surface area contributed by atoms with Gasteiger partial charge in [-0.25, -0.2) is 22.9 Å². The third-order valence-corrected chi connectivity index (χ3v) is 9.84. The molecule has 12 heteroatoms. The molecule has 0 aliphatic heterocycles. The molecular formula is C32H36N4O5S3. The van der Waals surface area contributed by atoms with Crippen molar-refractivity contribution in [3.63, 3.8) is 0 Å². The number of benzene rings is 3. The van der Waals surface area contributed by atoms with E-state index >= 15 is 0 Å². The predicted molar refractivity (Wildman–Crippen MR) is 176 cm³/mol. The van der Waals surface area contributed by atoms with E-state index in [9.17, 15) is 22.2 Å². The minimum atomic E-state index is -4.18. The maximum Gasteiger partial charge on any atom is 0.328 e. The SMILES string of the molecule is CCC(C)c1nc(SC)c(C(=O)CS(C)=O)n1Cc1ccc(-c2ccccc2S(=O)(=O)NC(=O)NCc2ccccc2)cc1. The van der Waals surface area contributed by atoms with Gasteiger partial charge in [-0.15, -0.1) is 11.8 Å². The van der Waals surface area contributed by atoms with Crippen molar-refractivity contribution in [3.05, 3.63) is 102 Å². The molecule has 0 spiro atoms. The van der Waals surface area contributed by atoms with Gasteiger partial charge >= 0.3 is 6.03 Å². The van der Waals surface area contributed by atoms with Gasteiger partial charge in [0.2, 0.25) is 0 Å². The van der Waals surface area contributed by atoms with Gasteiger partial charge in [0.05, 0.1) is 10.6 Å². The first kappa shape index (κ1) is 33.2. The summed E-state index contributed by atoms with van der Waals surface area (Å²) in [5.41, 5.74) is 3.27. The molecule has 0 radical (unpaired) electrons. The Morgan fingerprint density at radius 1 is 0.977 bits per heavy atom. The number of carbonyl (C=O) groups is 2. The van der Waals surface area contributed by atoms with Crippen molar-refractivity contribution in [1.29, 1.82) is 0 Å². The van der Waals surface area contributed by atoms with Crippen molar-refractivity contribution in [3.8, 4) is 11.1 Å². The van der Waals surface area contributed by atoms with Crippen LogP contribution in [0.5, 0.6) is 0 Å². The zero-order valence-electron chi connectivity index (χ0n) is 25.1. The van der Waals surface area contributed by atoms with Crippen LogP contribution >= 0.6 is 11.8 Å². The minimum Gasteiger partial charge on any atom is -0.333 e. The van der Waals surface area contributed by atoms with E-state index < -0.39 is 26.9 Å². The van der Waals surface area contributed by atoms with Gasteiger partial charge < -0.3 is 9.88 Å². The molecular weight excluding hydrogens is 617 g/mol. The van der Waals surface area contributed by atoms with E-state index in [1.54, 1.807) is 18.2 Å². The van der Waals surface area contributed by atoms with Crippen molar-refractivity contribution in [1.82, 2.24) is 19.6 Å². The van der Waals surface area contributed by atoms with Crippen LogP contribution in [0.1, 0.15) is 53.6 Å². The lowest BCUT2D eigenvalue weighted by molar-refractivity contribution is 0.101. The number of ketones is 1. The van der Waals surface area contributed by atoms with E-state index in [0.29, 0.717) is 28.4 Å². The predicted octanol–water partition coefficient (Wildman–Crippen LogP) is 5.58. The number of carbonyl (C=O) groups excluding carboxylic acids is 2. The Morgan fingerprint density at radius 3 is 2.27 bits per heavy atom. The van der Waals surface area contributed by atoms with Crippen molar-refractivity contribution in [2.24, 2.45) is 0 Å². The number of amides is 2. The maximum atomic E-state index is 13.3. The fourth-order valence-corrected chi connectivity index (χ4v) is 7.00. The Labute approximate surface area is 265 Å². The number of rotatable bonds is 13. The number of imidazole rings is 1. The summed E-state index contributed by atoms with van der Waals surface area (Å²) < 4.78 is 42.4. The van der Waals surface area contributed by atoms with Gasteiger partial charge in [-0.3, -0.25) is 9.00 Å². The third-order valence-electron chi connectivity index (χ3n) is 7.12. The summed E-state index contributed by atoms with van der Waals surface area (Å²) in [6.45, 7) is 4.68. The van der Waals surface area contributed by atoms with Gasteiger partial charge in [-0.2, -0.15) is 0 Å². The molecule has 0 aliphatic rings. The van der Waals surface area contributed by atoms with Gasteiger partial charge in [-0.05, 0) is 35.4 Å². The smallest absolute Gasteiger partial charge is 0.328 e. The fraction of sp³-hybridized carbons (Fsp3) is 0.281. The average molecular weight is 653 g/mol. The molecule has 0 saturated heterocycles. The largest absolute Gasteiger partial charge is 0.333 e. The average Bonchev–Trinajstić information content (AvgIpc) is 3.38. The molecule has 2 atom stereocenters. The lowest BCUT2D eigenvalue weighted by Gasteiger charge is -2.16. The topological polar surface area (TPSA) is 127 Å². The quantitative estimate of drug-likeness (QED) is 0.143. The molecule has 3 aromatic carbocycles. The molecule has 9 nitrogen and oxygen atoms in total. The summed E-state index contributed by atoms with van der Waals surface area (Å²) in [6, 6.07) is 22.3. The first-order valence-electron chi connectivity index (χ1n) is 14.0. The number of nitrogens with zero attached hydrogens (tertiary/aromatic N) is 2. The highest BCUT2D eigenvalue weighted by atomic mass is 32.2. The van der Waals surface area contributed by atoms with Crippen LogP contribution in [-0.2, 0) is 33.9 Å². The molecule has 2 N–H and O–H groups in total. The molecule has 0 aliphatic carbocycles. The standard InChI is InChI=1S/C32H36N4O5S3/c1-5-22(2)30-34-31(42-3)29(27(37)21-43(4)39)36(30)20-24-15-17-25(18-16-24)26-13-9-10-14-28(26)44(40,41)35-32(38)33-19-23-11-7-6-8-12-23/h6-18,22H,5,19-21H2,1-4H3,(H2,33,35,38). The molecule has 2 unspecified atom stereocenters. The number of urea groups is 1. The van der Waals surface area contributed by atoms with E-state index in [1.807, 2.05) is 65.4 Å².